The van der Waals surface area contributed by atoms with Crippen LogP contribution >= 0.6 is 11.8 Å². The van der Waals surface area contributed by atoms with Gasteiger partial charge in [0.1, 0.15) is 10.8 Å². The summed E-state index contributed by atoms with van der Waals surface area (Å²) < 4.78 is 27.2. The summed E-state index contributed by atoms with van der Waals surface area (Å²) in [6, 6.07) is 9.73. The molecule has 0 aliphatic rings. The largest absolute Gasteiger partial charge is 0.244 e. The predicted molar refractivity (Wildman–Crippen MR) is 69.5 cm³/mol. The van der Waals surface area contributed by atoms with Gasteiger partial charge in [-0.05, 0) is 12.0 Å². The minimum atomic E-state index is -0.570. The van der Waals surface area contributed by atoms with Crippen molar-refractivity contribution in [2.24, 2.45) is 0 Å². The van der Waals surface area contributed by atoms with Crippen molar-refractivity contribution in [2.75, 3.05) is 0 Å². The summed E-state index contributed by atoms with van der Waals surface area (Å²) in [5.74, 6) is -0.475. The first-order valence-corrected chi connectivity index (χ1v) is 6.70. The lowest BCUT2D eigenvalue weighted by atomic mass is 10.2. The van der Waals surface area contributed by atoms with Crippen LogP contribution in [0, 0.1) is 11.6 Å². The van der Waals surface area contributed by atoms with Gasteiger partial charge in [0.15, 0.2) is 5.82 Å². The number of hydrogen-bond donors (Lipinski definition) is 0. The first-order valence-electron chi connectivity index (χ1n) is 5.72. The highest BCUT2D eigenvalue weighted by Crippen LogP contribution is 2.26. The quantitative estimate of drug-likeness (QED) is 0.768. The summed E-state index contributed by atoms with van der Waals surface area (Å²) in [6.07, 6.45) is 1.42. The van der Waals surface area contributed by atoms with Gasteiger partial charge in [0.05, 0.1) is 6.20 Å². The normalized spacial score (nSPS) is 10.6. The zero-order chi connectivity index (χ0) is 13.0. The van der Waals surface area contributed by atoms with Gasteiger partial charge in [0.25, 0.3) is 0 Å². The zero-order valence-electron chi connectivity index (χ0n) is 9.99. The fraction of sp³-hybridized carbons (Fsp3) is 0.214. The van der Waals surface area contributed by atoms with Crippen molar-refractivity contribution in [3.05, 3.63) is 59.3 Å². The van der Waals surface area contributed by atoms with E-state index in [-0.39, 0.29) is 10.6 Å². The lowest BCUT2D eigenvalue weighted by Crippen LogP contribution is -1.99. The molecule has 0 N–H and O–H groups in total. The Morgan fingerprint density at radius 1 is 1.17 bits per heavy atom. The number of benzene rings is 1. The van der Waals surface area contributed by atoms with E-state index in [1.54, 1.807) is 6.92 Å². The van der Waals surface area contributed by atoms with Crippen LogP contribution in [0.3, 0.4) is 0 Å². The van der Waals surface area contributed by atoms with Crippen LogP contribution in [-0.4, -0.2) is 4.98 Å². The molecule has 0 aliphatic heterocycles. The van der Waals surface area contributed by atoms with Crippen LogP contribution in [0.15, 0.2) is 41.6 Å². The summed E-state index contributed by atoms with van der Waals surface area (Å²) >= 11 is 1.29. The third kappa shape index (κ3) is 2.88. The molecule has 0 unspecified atom stereocenters. The van der Waals surface area contributed by atoms with E-state index in [1.165, 1.54) is 11.8 Å². The van der Waals surface area contributed by atoms with Crippen molar-refractivity contribution in [1.29, 1.82) is 0 Å². The van der Waals surface area contributed by atoms with Crippen molar-refractivity contribution >= 4 is 11.8 Å². The van der Waals surface area contributed by atoms with Crippen molar-refractivity contribution in [2.45, 2.75) is 24.1 Å². The van der Waals surface area contributed by atoms with Crippen LogP contribution < -0.4 is 0 Å². The maximum atomic E-state index is 13.9. The molecule has 4 heteroatoms. The maximum Gasteiger partial charge on any atom is 0.161 e. The standard InChI is InChI=1S/C14H13F2NS/c1-2-11-12(15)8-17-14(13(11)16)18-9-10-6-4-3-5-7-10/h3-8H,2,9H2,1H3. The second-order valence-corrected chi connectivity index (χ2v) is 4.80. The summed E-state index contributed by atoms with van der Waals surface area (Å²) in [6.45, 7) is 1.73. The summed E-state index contributed by atoms with van der Waals surface area (Å²) in [7, 11) is 0. The first kappa shape index (κ1) is 13.0. The number of rotatable bonds is 4. The van der Waals surface area contributed by atoms with E-state index >= 15 is 0 Å². The minimum Gasteiger partial charge on any atom is -0.244 e. The van der Waals surface area contributed by atoms with Crippen molar-refractivity contribution in [1.82, 2.24) is 4.98 Å². The highest BCUT2D eigenvalue weighted by atomic mass is 32.2. The van der Waals surface area contributed by atoms with Crippen molar-refractivity contribution in [3.8, 4) is 0 Å². The fourth-order valence-corrected chi connectivity index (χ4v) is 2.51. The Bertz CT molecular complexity index is 529. The molecule has 1 aromatic carbocycles. The summed E-state index contributed by atoms with van der Waals surface area (Å²) in [5, 5.41) is 0.261. The third-order valence-electron chi connectivity index (χ3n) is 2.61. The molecule has 0 fully saturated rings. The second kappa shape index (κ2) is 5.96. The van der Waals surface area contributed by atoms with E-state index in [9.17, 15) is 8.78 Å². The molecular formula is C14H13F2NS. The molecule has 0 radical (unpaired) electrons. The summed E-state index contributed by atoms with van der Waals surface area (Å²) in [5.41, 5.74) is 1.20. The molecule has 2 rings (SSSR count). The SMILES string of the molecule is CCc1c(F)cnc(SCc2ccccc2)c1F. The van der Waals surface area contributed by atoms with Gasteiger partial charge in [0.2, 0.25) is 0 Å². The molecule has 1 heterocycles. The van der Waals surface area contributed by atoms with E-state index in [1.807, 2.05) is 30.3 Å². The Balaban J connectivity index is 2.15. The van der Waals surface area contributed by atoms with E-state index in [4.69, 9.17) is 0 Å². The van der Waals surface area contributed by atoms with E-state index < -0.39 is 11.6 Å². The van der Waals surface area contributed by atoms with E-state index in [0.717, 1.165) is 11.8 Å². The topological polar surface area (TPSA) is 12.9 Å². The van der Waals surface area contributed by atoms with Crippen LogP contribution in [0.5, 0.6) is 0 Å². The van der Waals surface area contributed by atoms with Crippen LogP contribution in [-0.2, 0) is 12.2 Å². The number of pyridine rings is 1. The van der Waals surface area contributed by atoms with E-state index in [0.29, 0.717) is 12.2 Å². The molecule has 1 nitrogen and oxygen atoms in total. The molecular weight excluding hydrogens is 252 g/mol. The van der Waals surface area contributed by atoms with Gasteiger partial charge in [-0.1, -0.05) is 49.0 Å². The van der Waals surface area contributed by atoms with Crippen molar-refractivity contribution < 1.29 is 8.78 Å². The Hall–Kier alpha value is -1.42. The van der Waals surface area contributed by atoms with Crippen molar-refractivity contribution in [3.63, 3.8) is 0 Å². The number of nitrogens with zero attached hydrogens (tertiary/aromatic N) is 1. The molecule has 0 saturated carbocycles. The fourth-order valence-electron chi connectivity index (χ4n) is 1.63. The Morgan fingerprint density at radius 3 is 2.56 bits per heavy atom. The zero-order valence-corrected chi connectivity index (χ0v) is 10.8. The molecule has 0 atom stereocenters. The molecule has 18 heavy (non-hydrogen) atoms. The lowest BCUT2D eigenvalue weighted by molar-refractivity contribution is 0.525. The molecule has 0 saturated heterocycles. The average Bonchev–Trinajstić information content (AvgIpc) is 2.40. The lowest BCUT2D eigenvalue weighted by Gasteiger charge is -2.06. The number of aromatic nitrogens is 1. The molecule has 0 aliphatic carbocycles. The number of halogens is 2. The molecule has 0 spiro atoms. The van der Waals surface area contributed by atoms with Crippen LogP contribution in [0.25, 0.3) is 0 Å². The van der Waals surface area contributed by atoms with Crippen LogP contribution in [0.2, 0.25) is 0 Å². The molecule has 2 aromatic rings. The van der Waals surface area contributed by atoms with Crippen LogP contribution in [0.1, 0.15) is 18.1 Å². The minimum absolute atomic E-state index is 0.112. The third-order valence-corrected chi connectivity index (χ3v) is 3.64. The number of hydrogen-bond acceptors (Lipinski definition) is 2. The van der Waals surface area contributed by atoms with Gasteiger partial charge in [-0.15, -0.1) is 0 Å². The number of thioether (sulfide) groups is 1. The second-order valence-electron chi connectivity index (χ2n) is 3.83. The Labute approximate surface area is 109 Å². The smallest absolute Gasteiger partial charge is 0.161 e. The van der Waals surface area contributed by atoms with Gasteiger partial charge in [0, 0.05) is 11.3 Å². The summed E-state index contributed by atoms with van der Waals surface area (Å²) in [4.78, 5) is 3.81. The van der Waals surface area contributed by atoms with Gasteiger partial charge < -0.3 is 0 Å². The van der Waals surface area contributed by atoms with Gasteiger partial charge >= 0.3 is 0 Å². The molecule has 0 amide bonds. The highest BCUT2D eigenvalue weighted by molar-refractivity contribution is 7.98. The maximum absolute atomic E-state index is 13.9. The average molecular weight is 265 g/mol. The van der Waals surface area contributed by atoms with Crippen LogP contribution in [0.4, 0.5) is 8.78 Å². The monoisotopic (exact) mass is 265 g/mol. The van der Waals surface area contributed by atoms with Gasteiger partial charge in [-0.3, -0.25) is 0 Å². The van der Waals surface area contributed by atoms with E-state index in [2.05, 4.69) is 4.98 Å². The van der Waals surface area contributed by atoms with Gasteiger partial charge in [-0.25, -0.2) is 13.8 Å². The molecule has 94 valence electrons. The predicted octanol–water partition coefficient (Wildman–Crippen LogP) is 4.21. The first-order chi connectivity index (χ1) is 8.72. The Kier molecular flexibility index (Phi) is 4.31. The Morgan fingerprint density at radius 2 is 1.89 bits per heavy atom. The highest BCUT2D eigenvalue weighted by Gasteiger charge is 2.13. The van der Waals surface area contributed by atoms with Gasteiger partial charge in [-0.2, -0.15) is 0 Å². The molecule has 1 aromatic heterocycles. The molecule has 0 bridgehead atoms.